The number of nitrogen functional groups attached to an aromatic ring is 1. The van der Waals surface area contributed by atoms with Crippen molar-refractivity contribution in [2.24, 2.45) is 0 Å². The highest BCUT2D eigenvalue weighted by Gasteiger charge is 2.16. The summed E-state index contributed by atoms with van der Waals surface area (Å²) in [6.45, 7) is 1.94. The van der Waals surface area contributed by atoms with E-state index < -0.39 is 5.97 Å². The number of nitrogens with zero attached hydrogens (tertiary/aromatic N) is 3. The van der Waals surface area contributed by atoms with Crippen LogP contribution in [-0.4, -0.2) is 32.5 Å². The first-order valence-electron chi connectivity index (χ1n) is 9.15. The van der Waals surface area contributed by atoms with Gasteiger partial charge in [-0.3, -0.25) is 4.79 Å². The molecule has 0 saturated heterocycles. The number of fused-ring (bicyclic) bond motifs is 1. The molecule has 3 aromatic heterocycles. The highest BCUT2D eigenvalue weighted by atomic mass is 35.5. The molecule has 0 bridgehead atoms. The van der Waals surface area contributed by atoms with Gasteiger partial charge in [-0.25, -0.2) is 19.7 Å². The molecule has 4 rings (SSSR count). The summed E-state index contributed by atoms with van der Waals surface area (Å²) in [5, 5.41) is 3.31. The number of H-pyrrole nitrogens is 1. The zero-order valence-electron chi connectivity index (χ0n) is 16.2. The number of carbonyl (C=O) groups is 1. The highest BCUT2D eigenvalue weighted by Crippen LogP contribution is 2.35. The summed E-state index contributed by atoms with van der Waals surface area (Å²) >= 11 is 8.91. The van der Waals surface area contributed by atoms with E-state index in [-0.39, 0.29) is 23.5 Å². The summed E-state index contributed by atoms with van der Waals surface area (Å²) < 4.78 is 4.91. The van der Waals surface area contributed by atoms with Crippen LogP contribution in [0.15, 0.2) is 45.8 Å². The zero-order valence-corrected chi connectivity index (χ0v) is 18.6. The van der Waals surface area contributed by atoms with Crippen LogP contribution in [0.2, 0.25) is 5.02 Å². The minimum absolute atomic E-state index is 0.0375. The van der Waals surface area contributed by atoms with Gasteiger partial charge in [0.15, 0.2) is 5.16 Å². The van der Waals surface area contributed by atoms with E-state index in [9.17, 15) is 9.59 Å². The third kappa shape index (κ3) is 4.41. The first-order valence-corrected chi connectivity index (χ1v) is 11.4. The fourth-order valence-corrected chi connectivity index (χ4v) is 4.77. The first kappa shape index (κ1) is 21.3. The molecule has 11 heteroatoms. The molecule has 0 aliphatic heterocycles. The van der Waals surface area contributed by atoms with Crippen molar-refractivity contribution >= 4 is 56.7 Å². The van der Waals surface area contributed by atoms with Crippen LogP contribution in [0, 0.1) is 0 Å². The number of nitrogens with one attached hydrogen (secondary N) is 1. The van der Waals surface area contributed by atoms with Gasteiger partial charge in [-0.15, -0.1) is 11.3 Å². The molecule has 1 aromatic carbocycles. The number of thioether (sulfide) groups is 1. The van der Waals surface area contributed by atoms with Crippen molar-refractivity contribution in [3.8, 4) is 11.1 Å². The second-order valence-corrected chi connectivity index (χ2v) is 8.49. The SMILES string of the molecule is CCOC(=O)c1cnc(SCc2nc3scc(-c4ccccc4Cl)c3c(=O)[nH]2)nc1N. The first-order chi connectivity index (χ1) is 15.0. The smallest absolute Gasteiger partial charge is 0.343 e. The van der Waals surface area contributed by atoms with Gasteiger partial charge in [-0.2, -0.15) is 0 Å². The molecule has 0 atom stereocenters. The van der Waals surface area contributed by atoms with E-state index in [1.54, 1.807) is 13.0 Å². The largest absolute Gasteiger partial charge is 0.462 e. The van der Waals surface area contributed by atoms with Crippen LogP contribution < -0.4 is 11.3 Å². The van der Waals surface area contributed by atoms with E-state index in [2.05, 4.69) is 19.9 Å². The summed E-state index contributed by atoms with van der Waals surface area (Å²) in [5.74, 6) is 0.269. The molecule has 0 aliphatic rings. The van der Waals surface area contributed by atoms with Crippen molar-refractivity contribution in [1.29, 1.82) is 0 Å². The van der Waals surface area contributed by atoms with Crippen LogP contribution in [0.4, 0.5) is 5.82 Å². The summed E-state index contributed by atoms with van der Waals surface area (Å²) in [4.78, 5) is 40.8. The van der Waals surface area contributed by atoms with Gasteiger partial charge in [0.1, 0.15) is 22.0 Å². The Morgan fingerprint density at radius 1 is 1.29 bits per heavy atom. The van der Waals surface area contributed by atoms with Crippen molar-refractivity contribution < 1.29 is 9.53 Å². The lowest BCUT2D eigenvalue weighted by molar-refractivity contribution is 0.0526. The van der Waals surface area contributed by atoms with Crippen molar-refractivity contribution in [1.82, 2.24) is 19.9 Å². The normalized spacial score (nSPS) is 11.0. The van der Waals surface area contributed by atoms with Crippen LogP contribution >= 0.6 is 34.7 Å². The lowest BCUT2D eigenvalue weighted by Crippen LogP contribution is -2.12. The number of hydrogen-bond donors (Lipinski definition) is 2. The van der Waals surface area contributed by atoms with Crippen LogP contribution in [0.25, 0.3) is 21.3 Å². The molecule has 4 aromatic rings. The van der Waals surface area contributed by atoms with Crippen LogP contribution in [0.3, 0.4) is 0 Å². The Kier molecular flexibility index (Phi) is 6.21. The maximum atomic E-state index is 12.8. The molecule has 3 N–H and O–H groups in total. The third-order valence-corrected chi connectivity index (χ3v) is 6.36. The Morgan fingerprint density at radius 2 is 2.10 bits per heavy atom. The number of anilines is 1. The minimum Gasteiger partial charge on any atom is -0.462 e. The van der Waals surface area contributed by atoms with Gasteiger partial charge in [0.25, 0.3) is 5.56 Å². The average Bonchev–Trinajstić information content (AvgIpc) is 3.17. The molecule has 0 amide bonds. The second-order valence-electron chi connectivity index (χ2n) is 6.28. The van der Waals surface area contributed by atoms with Crippen molar-refractivity contribution in [2.45, 2.75) is 17.8 Å². The van der Waals surface area contributed by atoms with Crippen molar-refractivity contribution in [2.75, 3.05) is 12.3 Å². The Bertz CT molecular complexity index is 1340. The predicted octanol–water partition coefficient (Wildman–Crippen LogP) is 4.15. The van der Waals surface area contributed by atoms with Crippen LogP contribution in [0.1, 0.15) is 23.1 Å². The third-order valence-electron chi connectivity index (χ3n) is 4.29. The summed E-state index contributed by atoms with van der Waals surface area (Å²) in [7, 11) is 0. The molecule has 0 unspecified atom stereocenters. The molecule has 0 radical (unpaired) electrons. The van der Waals surface area contributed by atoms with Gasteiger partial charge >= 0.3 is 5.97 Å². The molecule has 158 valence electrons. The number of benzene rings is 1. The Labute approximate surface area is 189 Å². The monoisotopic (exact) mass is 473 g/mol. The number of carbonyl (C=O) groups excluding carboxylic acids is 1. The number of esters is 1. The number of rotatable bonds is 6. The molecule has 0 aliphatic carbocycles. The number of halogens is 1. The average molecular weight is 474 g/mol. The van der Waals surface area contributed by atoms with Gasteiger partial charge in [-0.1, -0.05) is 41.6 Å². The maximum absolute atomic E-state index is 12.8. The van der Waals surface area contributed by atoms with Gasteiger partial charge in [0, 0.05) is 27.7 Å². The molecule has 3 heterocycles. The molecule has 0 saturated carbocycles. The molecule has 8 nitrogen and oxygen atoms in total. The maximum Gasteiger partial charge on any atom is 0.343 e. The number of aromatic nitrogens is 4. The van der Waals surface area contributed by atoms with E-state index in [1.165, 1.54) is 29.3 Å². The van der Waals surface area contributed by atoms with E-state index in [4.69, 9.17) is 22.1 Å². The molecule has 0 fully saturated rings. The number of thiophene rings is 1. The minimum atomic E-state index is -0.569. The molecule has 0 spiro atoms. The summed E-state index contributed by atoms with van der Waals surface area (Å²) in [5.41, 5.74) is 7.26. The standard InChI is InChI=1S/C20H16ClN5O3S2/c1-2-29-19(28)11-7-23-20(26-16(11)22)31-9-14-24-17(27)15-12(8-30-18(15)25-14)10-5-3-4-6-13(10)21/h3-8H,2,9H2,1H3,(H2,22,23,26)(H,24,25,27). The summed E-state index contributed by atoms with van der Waals surface area (Å²) in [6.07, 6.45) is 1.33. The fourth-order valence-electron chi connectivity index (χ4n) is 2.89. The Morgan fingerprint density at radius 3 is 2.84 bits per heavy atom. The predicted molar refractivity (Wildman–Crippen MR) is 123 cm³/mol. The molecule has 31 heavy (non-hydrogen) atoms. The van der Waals surface area contributed by atoms with Crippen LogP contribution in [-0.2, 0) is 10.5 Å². The number of ether oxygens (including phenoxy) is 1. The van der Waals surface area contributed by atoms with Gasteiger partial charge in [-0.05, 0) is 13.0 Å². The lowest BCUT2D eigenvalue weighted by Gasteiger charge is -2.06. The highest BCUT2D eigenvalue weighted by molar-refractivity contribution is 7.98. The van der Waals surface area contributed by atoms with Gasteiger partial charge in [0.2, 0.25) is 0 Å². The lowest BCUT2D eigenvalue weighted by atomic mass is 10.1. The number of nitrogens with two attached hydrogens (primary N) is 1. The number of hydrogen-bond acceptors (Lipinski definition) is 9. The van der Waals surface area contributed by atoms with E-state index >= 15 is 0 Å². The van der Waals surface area contributed by atoms with Gasteiger partial charge in [0.05, 0.1) is 17.7 Å². The topological polar surface area (TPSA) is 124 Å². The quantitative estimate of drug-likeness (QED) is 0.243. The fraction of sp³-hybridized carbons (Fsp3) is 0.150. The van der Waals surface area contributed by atoms with Crippen LogP contribution in [0.5, 0.6) is 0 Å². The number of aromatic amines is 1. The summed E-state index contributed by atoms with van der Waals surface area (Å²) in [6, 6.07) is 7.36. The van der Waals surface area contributed by atoms with Crippen molar-refractivity contribution in [3.05, 3.63) is 62.6 Å². The van der Waals surface area contributed by atoms with Gasteiger partial charge < -0.3 is 15.5 Å². The zero-order chi connectivity index (χ0) is 22.0. The second kappa shape index (κ2) is 9.04. The molecular weight excluding hydrogens is 458 g/mol. The molecular formula is C20H16ClN5O3S2. The van der Waals surface area contributed by atoms with E-state index in [1.807, 2.05) is 23.6 Å². The Balaban J connectivity index is 1.57. The Hall–Kier alpha value is -2.95. The van der Waals surface area contributed by atoms with Crippen molar-refractivity contribution in [3.63, 3.8) is 0 Å². The van der Waals surface area contributed by atoms with E-state index in [0.29, 0.717) is 32.0 Å². The van der Waals surface area contributed by atoms with E-state index in [0.717, 1.165) is 11.1 Å².